The van der Waals surface area contributed by atoms with Crippen LogP contribution < -0.4 is 15.4 Å². The molecule has 0 radical (unpaired) electrons. The molecule has 1 saturated heterocycles. The fourth-order valence-electron chi connectivity index (χ4n) is 2.91. The molecular weight excluding hydrogens is 376 g/mol. The van der Waals surface area contributed by atoms with Gasteiger partial charge in [0.05, 0.1) is 0 Å². The van der Waals surface area contributed by atoms with E-state index in [1.165, 1.54) is 4.31 Å². The van der Waals surface area contributed by atoms with Crippen LogP contribution in [0.5, 0.6) is 0 Å². The van der Waals surface area contributed by atoms with Crippen LogP contribution in [0.3, 0.4) is 0 Å². The Labute approximate surface area is 160 Å². The Morgan fingerprint density at radius 3 is 2.08 bits per heavy atom. The van der Waals surface area contributed by atoms with Gasteiger partial charge in [-0.05, 0) is 35.1 Å². The molecule has 146 valence electrons. The van der Waals surface area contributed by atoms with Crippen molar-refractivity contribution in [2.24, 2.45) is 0 Å². The number of halogens is 1. The van der Waals surface area contributed by atoms with Crippen molar-refractivity contribution < 1.29 is 13.2 Å². The molecule has 2 rings (SSSR count). The first kappa shape index (κ1) is 21.0. The number of benzene rings is 1. The minimum atomic E-state index is -3.87. The molecule has 1 heterocycles. The van der Waals surface area contributed by atoms with E-state index in [-0.39, 0.29) is 11.8 Å². The summed E-state index contributed by atoms with van der Waals surface area (Å²) in [5.41, 5.74) is 2.36. The third-order valence-electron chi connectivity index (χ3n) is 4.28. The number of piperazine rings is 1. The number of anilines is 1. The molecule has 0 aliphatic carbocycles. The Morgan fingerprint density at radius 2 is 1.62 bits per heavy atom. The molecule has 2 amide bonds. The summed E-state index contributed by atoms with van der Waals surface area (Å²) in [5.74, 6) is 0.234. The van der Waals surface area contributed by atoms with Crippen molar-refractivity contribution in [2.45, 2.75) is 39.5 Å². The van der Waals surface area contributed by atoms with Crippen LogP contribution in [0, 0.1) is 0 Å². The Morgan fingerprint density at radius 1 is 1.12 bits per heavy atom. The lowest BCUT2D eigenvalue weighted by atomic mass is 9.92. The monoisotopic (exact) mass is 402 g/mol. The number of nitrogens with zero attached hydrogens (tertiary/aromatic N) is 1. The Hall–Kier alpha value is -1.35. The highest BCUT2D eigenvalue weighted by molar-refractivity contribution is 7.87. The molecule has 0 unspecified atom stereocenters. The van der Waals surface area contributed by atoms with Gasteiger partial charge >= 0.3 is 16.2 Å². The van der Waals surface area contributed by atoms with Crippen LogP contribution in [-0.4, -0.2) is 44.9 Å². The van der Waals surface area contributed by atoms with Crippen molar-refractivity contribution in [1.82, 2.24) is 14.3 Å². The van der Waals surface area contributed by atoms with Gasteiger partial charge < -0.3 is 10.6 Å². The van der Waals surface area contributed by atoms with E-state index in [1.807, 2.05) is 27.7 Å². The minimum absolute atomic E-state index is 0.117. The normalized spacial score (nSPS) is 16.1. The van der Waals surface area contributed by atoms with Gasteiger partial charge in [0.25, 0.3) is 0 Å². The van der Waals surface area contributed by atoms with Crippen LogP contribution in [0.2, 0.25) is 5.02 Å². The van der Waals surface area contributed by atoms with E-state index in [9.17, 15) is 13.2 Å². The SMILES string of the molecule is CC(C)c1cc(Cl)cc(C(C)C)c1NC(=O)NS(=O)(=O)N1CCNCC1. The van der Waals surface area contributed by atoms with E-state index in [1.54, 1.807) is 12.1 Å². The van der Waals surface area contributed by atoms with Gasteiger partial charge in [-0.1, -0.05) is 39.3 Å². The van der Waals surface area contributed by atoms with E-state index in [2.05, 4.69) is 15.4 Å². The predicted octanol–water partition coefficient (Wildman–Crippen LogP) is 2.86. The second-order valence-electron chi connectivity index (χ2n) is 6.98. The number of nitrogens with one attached hydrogen (secondary N) is 3. The maximum absolute atomic E-state index is 12.4. The molecule has 7 nitrogen and oxygen atoms in total. The van der Waals surface area contributed by atoms with Crippen LogP contribution in [0.25, 0.3) is 0 Å². The van der Waals surface area contributed by atoms with Gasteiger partial charge in [0.15, 0.2) is 0 Å². The summed E-state index contributed by atoms with van der Waals surface area (Å²) in [6.45, 7) is 9.78. The third kappa shape index (κ3) is 5.09. The molecule has 0 saturated carbocycles. The van der Waals surface area contributed by atoms with Gasteiger partial charge in [-0.15, -0.1) is 0 Å². The van der Waals surface area contributed by atoms with Crippen LogP contribution in [0.1, 0.15) is 50.7 Å². The van der Waals surface area contributed by atoms with Crippen molar-refractivity contribution in [3.05, 3.63) is 28.3 Å². The van der Waals surface area contributed by atoms with E-state index in [0.29, 0.717) is 36.9 Å². The zero-order chi connectivity index (χ0) is 19.5. The Kier molecular flexibility index (Phi) is 6.90. The molecule has 0 spiro atoms. The molecule has 1 aromatic rings. The lowest BCUT2D eigenvalue weighted by Gasteiger charge is -2.27. The van der Waals surface area contributed by atoms with Crippen LogP contribution in [-0.2, 0) is 10.2 Å². The molecule has 1 aliphatic rings. The third-order valence-corrected chi connectivity index (χ3v) is 5.99. The van der Waals surface area contributed by atoms with Crippen LogP contribution in [0.15, 0.2) is 12.1 Å². The second-order valence-corrected chi connectivity index (χ2v) is 9.09. The number of urea groups is 1. The Balaban J connectivity index is 2.25. The summed E-state index contributed by atoms with van der Waals surface area (Å²) in [7, 11) is -3.87. The average Bonchev–Trinajstić information content (AvgIpc) is 2.56. The van der Waals surface area contributed by atoms with E-state index in [0.717, 1.165) is 11.1 Å². The van der Waals surface area contributed by atoms with Gasteiger partial charge in [-0.2, -0.15) is 12.7 Å². The quantitative estimate of drug-likeness (QED) is 0.706. The number of carbonyl (C=O) groups excluding carboxylic acids is 1. The largest absolute Gasteiger partial charge is 0.333 e. The first-order valence-electron chi connectivity index (χ1n) is 8.74. The van der Waals surface area contributed by atoms with Gasteiger partial charge in [-0.3, -0.25) is 0 Å². The second kappa shape index (κ2) is 8.56. The first-order valence-corrected chi connectivity index (χ1v) is 10.6. The van der Waals surface area contributed by atoms with E-state index >= 15 is 0 Å². The summed E-state index contributed by atoms with van der Waals surface area (Å²) in [6, 6.07) is 2.84. The molecule has 1 aliphatic heterocycles. The molecule has 3 N–H and O–H groups in total. The molecule has 1 aromatic carbocycles. The standard InChI is InChI=1S/C17H27ClN4O3S/c1-11(2)14-9-13(18)10-15(12(3)4)16(14)20-17(23)21-26(24,25)22-7-5-19-6-8-22/h9-12,19H,5-8H2,1-4H3,(H2,20,21,23). The summed E-state index contributed by atoms with van der Waals surface area (Å²) in [5, 5.41) is 6.41. The van der Waals surface area contributed by atoms with Gasteiger partial charge in [-0.25, -0.2) is 9.52 Å². The smallest absolute Gasteiger partial charge is 0.314 e. The highest BCUT2D eigenvalue weighted by atomic mass is 35.5. The zero-order valence-electron chi connectivity index (χ0n) is 15.6. The van der Waals surface area contributed by atoms with Crippen LogP contribution in [0.4, 0.5) is 10.5 Å². The highest BCUT2D eigenvalue weighted by Crippen LogP contribution is 2.35. The number of carbonyl (C=O) groups is 1. The molecular formula is C17H27ClN4O3S. The lowest BCUT2D eigenvalue weighted by molar-refractivity contribution is 0.255. The van der Waals surface area contributed by atoms with Crippen LogP contribution >= 0.6 is 11.6 Å². The van der Waals surface area contributed by atoms with Gasteiger partial charge in [0, 0.05) is 36.9 Å². The molecule has 0 aromatic heterocycles. The minimum Gasteiger partial charge on any atom is -0.314 e. The van der Waals surface area contributed by atoms with Crippen molar-refractivity contribution in [2.75, 3.05) is 31.5 Å². The number of hydrogen-bond donors (Lipinski definition) is 3. The maximum Gasteiger partial charge on any atom is 0.333 e. The molecule has 0 atom stereocenters. The lowest BCUT2D eigenvalue weighted by Crippen LogP contribution is -2.52. The highest BCUT2D eigenvalue weighted by Gasteiger charge is 2.26. The van der Waals surface area contributed by atoms with Crippen molar-refractivity contribution in [3.8, 4) is 0 Å². The predicted molar refractivity (Wildman–Crippen MR) is 105 cm³/mol. The van der Waals surface area contributed by atoms with Crippen molar-refractivity contribution in [1.29, 1.82) is 0 Å². The maximum atomic E-state index is 12.4. The topological polar surface area (TPSA) is 90.5 Å². The molecule has 0 bridgehead atoms. The van der Waals surface area contributed by atoms with Gasteiger partial charge in [0.1, 0.15) is 0 Å². The Bertz CT molecular complexity index is 730. The number of rotatable bonds is 5. The summed E-state index contributed by atoms with van der Waals surface area (Å²) >= 11 is 6.22. The van der Waals surface area contributed by atoms with E-state index < -0.39 is 16.2 Å². The fraction of sp³-hybridized carbons (Fsp3) is 0.588. The fourth-order valence-corrected chi connectivity index (χ4v) is 4.22. The average molecular weight is 403 g/mol. The number of amides is 2. The summed E-state index contributed by atoms with van der Waals surface area (Å²) < 4.78 is 28.1. The summed E-state index contributed by atoms with van der Waals surface area (Å²) in [4.78, 5) is 12.4. The molecule has 26 heavy (non-hydrogen) atoms. The van der Waals surface area contributed by atoms with Crippen molar-refractivity contribution in [3.63, 3.8) is 0 Å². The number of hydrogen-bond acceptors (Lipinski definition) is 4. The first-order chi connectivity index (χ1) is 12.1. The van der Waals surface area contributed by atoms with Crippen molar-refractivity contribution >= 4 is 33.5 Å². The zero-order valence-corrected chi connectivity index (χ0v) is 17.2. The molecule has 1 fully saturated rings. The van der Waals surface area contributed by atoms with E-state index in [4.69, 9.17) is 11.6 Å². The van der Waals surface area contributed by atoms with Gasteiger partial charge in [0.2, 0.25) is 0 Å². The molecule has 9 heteroatoms. The summed E-state index contributed by atoms with van der Waals surface area (Å²) in [6.07, 6.45) is 0.